The Labute approximate surface area is 242 Å². The Bertz CT molecular complexity index is 1570. The highest BCUT2D eigenvalue weighted by Gasteiger charge is 2.22. The monoisotopic (exact) mass is 571 g/mol. The van der Waals surface area contributed by atoms with Crippen LogP contribution in [-0.2, 0) is 17.9 Å². The fraction of sp³-hybridized carbons (Fsp3) is 0.379. The molecule has 0 unspecified atom stereocenters. The molecule has 1 aromatic carbocycles. The van der Waals surface area contributed by atoms with Crippen LogP contribution < -0.4 is 15.4 Å². The second-order valence-corrected chi connectivity index (χ2v) is 11.0. The van der Waals surface area contributed by atoms with E-state index < -0.39 is 0 Å². The molecule has 0 bridgehead atoms. The first-order chi connectivity index (χ1) is 19.9. The summed E-state index contributed by atoms with van der Waals surface area (Å²) in [7, 11) is 0. The number of hydrogen-bond acceptors (Lipinski definition) is 10. The molecule has 0 saturated carbocycles. The number of amides is 1. The van der Waals surface area contributed by atoms with Crippen LogP contribution in [0.25, 0.3) is 16.3 Å². The van der Waals surface area contributed by atoms with Gasteiger partial charge in [-0.15, -0.1) is 16.4 Å². The number of allylic oxidation sites excluding steroid dienone is 1. The number of likely N-dealkylation sites (tertiary alicyclic amines) is 1. The second kappa shape index (κ2) is 12.9. The summed E-state index contributed by atoms with van der Waals surface area (Å²) in [5, 5.41) is 25.5. The predicted octanol–water partition coefficient (Wildman–Crippen LogP) is 4.44. The number of hydrogen-bond donors (Lipinski definition) is 2. The van der Waals surface area contributed by atoms with Crippen molar-refractivity contribution in [1.29, 1.82) is 5.26 Å². The van der Waals surface area contributed by atoms with Gasteiger partial charge in [0, 0.05) is 38.3 Å². The topological polar surface area (TPSA) is 134 Å². The van der Waals surface area contributed by atoms with E-state index in [1.165, 1.54) is 6.08 Å². The van der Waals surface area contributed by atoms with E-state index in [1.807, 2.05) is 56.6 Å². The number of nitriles is 1. The molecule has 1 amide bonds. The highest BCUT2D eigenvalue weighted by Crippen LogP contribution is 2.36. The van der Waals surface area contributed by atoms with E-state index in [0.717, 1.165) is 64.3 Å². The van der Waals surface area contributed by atoms with Crippen molar-refractivity contribution in [2.24, 2.45) is 0 Å². The summed E-state index contributed by atoms with van der Waals surface area (Å²) in [6, 6.07) is 8.25. The molecule has 212 valence electrons. The van der Waals surface area contributed by atoms with Gasteiger partial charge in [-0.25, -0.2) is 9.67 Å². The van der Waals surface area contributed by atoms with Gasteiger partial charge in [0.15, 0.2) is 0 Å². The average molecular weight is 572 g/mol. The van der Waals surface area contributed by atoms with Crippen LogP contribution in [0.1, 0.15) is 42.1 Å². The summed E-state index contributed by atoms with van der Waals surface area (Å²) in [6.07, 6.45) is 6.97. The summed E-state index contributed by atoms with van der Waals surface area (Å²) < 4.78 is 8.89. The second-order valence-electron chi connectivity index (χ2n) is 10.1. The molecular formula is C29H33N9O2S. The number of rotatable bonds is 10. The molecule has 41 heavy (non-hydrogen) atoms. The number of carbonyl (C=O) groups excluding carboxylic acids is 1. The van der Waals surface area contributed by atoms with E-state index >= 15 is 0 Å². The molecule has 0 aliphatic carbocycles. The number of thiophene rings is 1. The molecule has 4 aromatic rings. The molecule has 1 saturated heterocycles. The van der Waals surface area contributed by atoms with Gasteiger partial charge in [0.1, 0.15) is 17.0 Å². The molecule has 12 heteroatoms. The van der Waals surface area contributed by atoms with E-state index in [-0.39, 0.29) is 18.5 Å². The lowest BCUT2D eigenvalue weighted by Crippen LogP contribution is -2.39. The third-order valence-electron chi connectivity index (χ3n) is 6.88. The SMILES string of the molecule is CCNC(=O)Cn1cc(CN2CCC(Nc3nc(Oc4c(C)cc(/C=C/C#N)cc4C)c4sccc4n3)CC2)nn1. The lowest BCUT2D eigenvalue weighted by Gasteiger charge is -2.31. The molecule has 4 heterocycles. The van der Waals surface area contributed by atoms with Crippen LogP contribution >= 0.6 is 11.3 Å². The van der Waals surface area contributed by atoms with Crippen molar-refractivity contribution in [1.82, 2.24) is 35.2 Å². The standard InChI is InChI=1S/C29H33N9O2S/c1-4-31-25(39)18-38-17-23(35-36-38)16-37-11-7-22(8-12-37)32-29-33-24-9-13-41-27(24)28(34-29)40-26-19(2)14-21(6-5-10-30)15-20(26)3/h5-6,9,13-15,17,22H,4,7-8,11-12,16,18H2,1-3H3,(H,31,39)(H,32,33,34)/b6-5+. The molecule has 5 rings (SSSR count). The minimum atomic E-state index is -0.0696. The number of aromatic nitrogens is 5. The van der Waals surface area contributed by atoms with Crippen LogP contribution in [0.3, 0.4) is 0 Å². The number of nitrogens with zero attached hydrogens (tertiary/aromatic N) is 7. The quantitative estimate of drug-likeness (QED) is 0.265. The predicted molar refractivity (Wildman–Crippen MR) is 159 cm³/mol. The van der Waals surface area contributed by atoms with Crippen LogP contribution in [0.4, 0.5) is 5.95 Å². The third-order valence-corrected chi connectivity index (χ3v) is 7.77. The first-order valence-electron chi connectivity index (χ1n) is 13.7. The maximum atomic E-state index is 11.8. The summed E-state index contributed by atoms with van der Waals surface area (Å²) in [4.78, 5) is 23.7. The summed E-state index contributed by atoms with van der Waals surface area (Å²) >= 11 is 1.56. The van der Waals surface area contributed by atoms with Gasteiger partial charge >= 0.3 is 0 Å². The van der Waals surface area contributed by atoms with Crippen LogP contribution in [0.5, 0.6) is 11.6 Å². The number of likely N-dealkylation sites (N-methyl/N-ethyl adjacent to an activating group) is 1. The summed E-state index contributed by atoms with van der Waals surface area (Å²) in [5.74, 6) is 1.78. The van der Waals surface area contributed by atoms with Gasteiger partial charge in [-0.05, 0) is 80.0 Å². The summed E-state index contributed by atoms with van der Waals surface area (Å²) in [5.41, 5.74) is 4.60. The Morgan fingerprint density at radius 3 is 2.76 bits per heavy atom. The molecule has 2 N–H and O–H groups in total. The van der Waals surface area contributed by atoms with E-state index in [4.69, 9.17) is 20.0 Å². The van der Waals surface area contributed by atoms with Crippen molar-refractivity contribution in [2.45, 2.75) is 52.7 Å². The van der Waals surface area contributed by atoms with E-state index in [1.54, 1.807) is 22.1 Å². The highest BCUT2D eigenvalue weighted by atomic mass is 32.1. The molecule has 1 fully saturated rings. The van der Waals surface area contributed by atoms with Gasteiger partial charge in [0.05, 0.1) is 23.5 Å². The van der Waals surface area contributed by atoms with Crippen LogP contribution in [0.2, 0.25) is 0 Å². The van der Waals surface area contributed by atoms with Crippen molar-refractivity contribution >= 4 is 39.5 Å². The smallest absolute Gasteiger partial charge is 0.242 e. The Balaban J connectivity index is 1.22. The fourth-order valence-electron chi connectivity index (χ4n) is 4.98. The average Bonchev–Trinajstić information content (AvgIpc) is 3.60. The lowest BCUT2D eigenvalue weighted by molar-refractivity contribution is -0.121. The molecule has 0 spiro atoms. The molecular weight excluding hydrogens is 538 g/mol. The van der Waals surface area contributed by atoms with Gasteiger partial charge in [0.25, 0.3) is 0 Å². The highest BCUT2D eigenvalue weighted by molar-refractivity contribution is 7.17. The third kappa shape index (κ3) is 7.06. The summed E-state index contributed by atoms with van der Waals surface area (Å²) in [6.45, 7) is 9.15. The first-order valence-corrected chi connectivity index (χ1v) is 14.5. The minimum Gasteiger partial charge on any atom is -0.437 e. The van der Waals surface area contributed by atoms with Gasteiger partial charge in [0.2, 0.25) is 17.7 Å². The number of benzene rings is 1. The largest absolute Gasteiger partial charge is 0.437 e. The van der Waals surface area contributed by atoms with Gasteiger partial charge < -0.3 is 15.4 Å². The van der Waals surface area contributed by atoms with Crippen molar-refractivity contribution in [3.8, 4) is 17.7 Å². The molecule has 1 aliphatic rings. The Hall–Kier alpha value is -4.34. The minimum absolute atomic E-state index is 0.0696. The van der Waals surface area contributed by atoms with Gasteiger partial charge in [-0.3, -0.25) is 9.69 Å². The fourth-order valence-corrected chi connectivity index (χ4v) is 5.73. The molecule has 0 radical (unpaired) electrons. The number of anilines is 1. The number of ether oxygens (including phenoxy) is 1. The van der Waals surface area contributed by atoms with Crippen LogP contribution in [0, 0.1) is 25.2 Å². The molecule has 11 nitrogen and oxygen atoms in total. The van der Waals surface area contributed by atoms with Crippen molar-refractivity contribution in [3.05, 3.63) is 58.2 Å². The van der Waals surface area contributed by atoms with Crippen molar-refractivity contribution in [3.63, 3.8) is 0 Å². The number of carbonyl (C=O) groups is 1. The number of fused-ring (bicyclic) bond motifs is 1. The maximum Gasteiger partial charge on any atom is 0.242 e. The van der Waals surface area contributed by atoms with Gasteiger partial charge in [-0.2, -0.15) is 10.2 Å². The number of aryl methyl sites for hydroxylation is 2. The maximum absolute atomic E-state index is 11.8. The molecule has 0 atom stereocenters. The Morgan fingerprint density at radius 2 is 2.02 bits per heavy atom. The van der Waals surface area contributed by atoms with E-state index in [0.29, 0.717) is 24.9 Å². The van der Waals surface area contributed by atoms with Crippen LogP contribution in [-0.4, -0.2) is 61.4 Å². The van der Waals surface area contributed by atoms with Crippen LogP contribution in [0.15, 0.2) is 35.9 Å². The van der Waals surface area contributed by atoms with E-state index in [9.17, 15) is 4.79 Å². The zero-order valence-electron chi connectivity index (χ0n) is 23.4. The Morgan fingerprint density at radius 1 is 1.24 bits per heavy atom. The number of piperidine rings is 1. The lowest BCUT2D eigenvalue weighted by atomic mass is 10.1. The first kappa shape index (κ1) is 28.2. The zero-order chi connectivity index (χ0) is 28.8. The zero-order valence-corrected chi connectivity index (χ0v) is 24.2. The van der Waals surface area contributed by atoms with Gasteiger partial charge in [-0.1, -0.05) is 5.21 Å². The molecule has 1 aliphatic heterocycles. The van der Waals surface area contributed by atoms with Crippen molar-refractivity contribution in [2.75, 3.05) is 25.0 Å². The number of nitrogens with one attached hydrogen (secondary N) is 2. The normalized spacial score (nSPS) is 14.4. The Kier molecular flexibility index (Phi) is 8.86. The van der Waals surface area contributed by atoms with Crippen molar-refractivity contribution < 1.29 is 9.53 Å². The molecule has 3 aromatic heterocycles. The van der Waals surface area contributed by atoms with E-state index in [2.05, 4.69) is 25.8 Å².